The molecule has 1 amide bonds. The Balaban J connectivity index is 1.80. The number of rotatable bonds is 8. The number of aromatic nitrogens is 1. The van der Waals surface area contributed by atoms with Gasteiger partial charge in [-0.25, -0.2) is 0 Å². The van der Waals surface area contributed by atoms with E-state index in [2.05, 4.69) is 11.6 Å². The van der Waals surface area contributed by atoms with Gasteiger partial charge in [-0.2, -0.15) is 0 Å². The lowest BCUT2D eigenvalue weighted by Crippen LogP contribution is -2.29. The van der Waals surface area contributed by atoms with Crippen LogP contribution in [0.5, 0.6) is 11.5 Å². The molecule has 0 radical (unpaired) electrons. The number of amides is 1. The summed E-state index contributed by atoms with van der Waals surface area (Å²) in [7, 11) is 1.54. The van der Waals surface area contributed by atoms with Gasteiger partial charge in [0.05, 0.1) is 18.7 Å². The molecule has 1 fully saturated rings. The van der Waals surface area contributed by atoms with Gasteiger partial charge in [-0.1, -0.05) is 30.9 Å². The van der Waals surface area contributed by atoms with E-state index in [-0.39, 0.29) is 17.9 Å². The molecule has 1 aliphatic rings. The van der Waals surface area contributed by atoms with Gasteiger partial charge in [-0.3, -0.25) is 14.6 Å². The number of aliphatic hydroxyl groups excluding tert-OH is 1. The summed E-state index contributed by atoms with van der Waals surface area (Å²) >= 11 is 0. The fourth-order valence-electron chi connectivity index (χ4n) is 3.91. The summed E-state index contributed by atoms with van der Waals surface area (Å²) < 4.78 is 10.8. The maximum atomic E-state index is 13.2. The van der Waals surface area contributed by atoms with Crippen LogP contribution in [0.2, 0.25) is 0 Å². The zero-order valence-corrected chi connectivity index (χ0v) is 18.7. The van der Waals surface area contributed by atoms with Crippen molar-refractivity contribution in [3.63, 3.8) is 0 Å². The van der Waals surface area contributed by atoms with Gasteiger partial charge in [-0.15, -0.1) is 0 Å². The lowest BCUT2D eigenvalue weighted by Gasteiger charge is -2.25. The number of aliphatic hydroxyl groups is 1. The predicted molar refractivity (Wildman–Crippen MR) is 127 cm³/mol. The van der Waals surface area contributed by atoms with Crippen molar-refractivity contribution in [2.45, 2.75) is 12.6 Å². The summed E-state index contributed by atoms with van der Waals surface area (Å²) in [6.07, 6.45) is 4.91. The molecule has 1 saturated heterocycles. The molecule has 2 heterocycles. The van der Waals surface area contributed by atoms with E-state index in [1.165, 1.54) is 4.90 Å². The number of pyridine rings is 1. The molecule has 172 valence electrons. The van der Waals surface area contributed by atoms with Crippen LogP contribution in [0.25, 0.3) is 5.76 Å². The third kappa shape index (κ3) is 4.54. The second-order valence-electron chi connectivity index (χ2n) is 7.69. The Morgan fingerprint density at radius 3 is 2.59 bits per heavy atom. The molecular weight excluding hydrogens is 432 g/mol. The third-order valence-electron chi connectivity index (χ3n) is 5.52. The molecule has 0 saturated carbocycles. The second-order valence-corrected chi connectivity index (χ2v) is 7.69. The summed E-state index contributed by atoms with van der Waals surface area (Å²) in [5.41, 5.74) is 1.83. The van der Waals surface area contributed by atoms with Gasteiger partial charge in [0.2, 0.25) is 0 Å². The van der Waals surface area contributed by atoms with E-state index in [1.807, 2.05) is 6.07 Å². The maximum Gasteiger partial charge on any atom is 0.295 e. The van der Waals surface area contributed by atoms with Crippen LogP contribution >= 0.6 is 0 Å². The molecular formula is C27H24N2O5. The van der Waals surface area contributed by atoms with Crippen molar-refractivity contribution in [3.8, 4) is 11.5 Å². The molecule has 34 heavy (non-hydrogen) atoms. The zero-order chi connectivity index (χ0) is 24.1. The van der Waals surface area contributed by atoms with Crippen LogP contribution < -0.4 is 9.47 Å². The molecule has 1 atom stereocenters. The second kappa shape index (κ2) is 10.0. The zero-order valence-electron chi connectivity index (χ0n) is 18.7. The Kier molecular flexibility index (Phi) is 6.73. The van der Waals surface area contributed by atoms with E-state index in [9.17, 15) is 14.7 Å². The number of benzene rings is 2. The fraction of sp³-hybridized carbons (Fsp3) is 0.148. The van der Waals surface area contributed by atoms with Crippen LogP contribution in [-0.2, 0) is 16.1 Å². The van der Waals surface area contributed by atoms with Crippen LogP contribution in [0.4, 0.5) is 0 Å². The van der Waals surface area contributed by atoms with Crippen LogP contribution in [0.1, 0.15) is 22.7 Å². The first-order valence-corrected chi connectivity index (χ1v) is 10.7. The van der Waals surface area contributed by atoms with Crippen molar-refractivity contribution in [1.82, 2.24) is 9.88 Å². The van der Waals surface area contributed by atoms with Crippen molar-refractivity contribution >= 4 is 17.4 Å². The number of likely N-dealkylation sites (tertiary alicyclic amines) is 1. The van der Waals surface area contributed by atoms with Crippen molar-refractivity contribution in [3.05, 3.63) is 108 Å². The van der Waals surface area contributed by atoms with Crippen molar-refractivity contribution in [2.75, 3.05) is 13.7 Å². The lowest BCUT2D eigenvalue weighted by atomic mass is 9.95. The number of Topliss-reactive ketones (excluding diaryl/α,β-unsaturated/α-hetero) is 1. The summed E-state index contributed by atoms with van der Waals surface area (Å²) in [4.78, 5) is 31.8. The minimum atomic E-state index is -0.799. The number of ether oxygens (including phenoxy) is 2. The molecule has 3 aromatic rings. The highest BCUT2D eigenvalue weighted by atomic mass is 16.5. The van der Waals surface area contributed by atoms with Crippen molar-refractivity contribution in [2.24, 2.45) is 0 Å². The predicted octanol–water partition coefficient (Wildman–Crippen LogP) is 4.28. The molecule has 1 unspecified atom stereocenters. The number of carbonyl (C=O) groups excluding carboxylic acids is 2. The van der Waals surface area contributed by atoms with E-state index in [0.717, 1.165) is 5.56 Å². The SMILES string of the molecule is C=CCOc1ccc(/C(O)=C2/C(=O)C(=O)N(Cc3cccnc3)C2c2cccc(OC)c2)cc1. The number of carbonyl (C=O) groups is 2. The molecule has 1 aliphatic heterocycles. The van der Waals surface area contributed by atoms with Gasteiger partial charge in [0.25, 0.3) is 11.7 Å². The average Bonchev–Trinajstić information content (AvgIpc) is 3.13. The van der Waals surface area contributed by atoms with Gasteiger partial charge in [0, 0.05) is 24.5 Å². The van der Waals surface area contributed by atoms with Gasteiger partial charge in [0.1, 0.15) is 23.9 Å². The van der Waals surface area contributed by atoms with E-state index in [4.69, 9.17) is 9.47 Å². The van der Waals surface area contributed by atoms with Gasteiger partial charge >= 0.3 is 0 Å². The Morgan fingerprint density at radius 2 is 1.91 bits per heavy atom. The Bertz CT molecular complexity index is 1240. The molecule has 1 aromatic heterocycles. The molecule has 1 N–H and O–H groups in total. The van der Waals surface area contributed by atoms with Crippen LogP contribution in [0.3, 0.4) is 0 Å². The first-order valence-electron chi connectivity index (χ1n) is 10.7. The largest absolute Gasteiger partial charge is 0.507 e. The van der Waals surface area contributed by atoms with Crippen LogP contribution in [0.15, 0.2) is 91.3 Å². The normalized spacial score (nSPS) is 17.0. The molecule has 0 bridgehead atoms. The Hall–Kier alpha value is -4.39. The van der Waals surface area contributed by atoms with Crippen molar-refractivity contribution in [1.29, 1.82) is 0 Å². The molecule has 7 heteroatoms. The Morgan fingerprint density at radius 1 is 1.12 bits per heavy atom. The highest BCUT2D eigenvalue weighted by molar-refractivity contribution is 6.46. The molecule has 0 aliphatic carbocycles. The highest BCUT2D eigenvalue weighted by Gasteiger charge is 2.46. The van der Waals surface area contributed by atoms with E-state index in [1.54, 1.807) is 80.2 Å². The number of hydrogen-bond acceptors (Lipinski definition) is 6. The van der Waals surface area contributed by atoms with Crippen molar-refractivity contribution < 1.29 is 24.2 Å². The number of methoxy groups -OCH3 is 1. The molecule has 0 spiro atoms. The van der Waals surface area contributed by atoms with Gasteiger partial charge < -0.3 is 19.5 Å². The molecule has 7 nitrogen and oxygen atoms in total. The quantitative estimate of drug-likeness (QED) is 0.236. The summed E-state index contributed by atoms with van der Waals surface area (Å²) in [6.45, 7) is 4.12. The summed E-state index contributed by atoms with van der Waals surface area (Å²) in [5, 5.41) is 11.2. The first kappa shape index (κ1) is 22.8. The Labute approximate surface area is 197 Å². The standard InChI is InChI=1S/C27H24N2O5/c1-3-14-34-21-11-9-19(10-12-21)25(30)23-24(20-7-4-8-22(15-20)33-2)29(27(32)26(23)31)17-18-6-5-13-28-16-18/h3-13,15-16,24,30H,1,14,17H2,2H3/b25-23-. The van der Waals surface area contributed by atoms with Gasteiger partial charge in [-0.05, 0) is 53.6 Å². The smallest absolute Gasteiger partial charge is 0.295 e. The average molecular weight is 456 g/mol. The lowest BCUT2D eigenvalue weighted by molar-refractivity contribution is -0.140. The highest BCUT2D eigenvalue weighted by Crippen LogP contribution is 2.41. The van der Waals surface area contributed by atoms with Crippen LogP contribution in [0, 0.1) is 0 Å². The monoisotopic (exact) mass is 456 g/mol. The van der Waals surface area contributed by atoms with E-state index >= 15 is 0 Å². The fourth-order valence-corrected chi connectivity index (χ4v) is 3.91. The van der Waals surface area contributed by atoms with E-state index < -0.39 is 17.7 Å². The third-order valence-corrected chi connectivity index (χ3v) is 5.52. The number of nitrogens with zero attached hydrogens (tertiary/aromatic N) is 2. The minimum absolute atomic E-state index is 0.0157. The van der Waals surface area contributed by atoms with Gasteiger partial charge in [0.15, 0.2) is 0 Å². The van der Waals surface area contributed by atoms with E-state index in [0.29, 0.717) is 29.2 Å². The topological polar surface area (TPSA) is 89.0 Å². The van der Waals surface area contributed by atoms with Crippen LogP contribution in [-0.4, -0.2) is 40.4 Å². The maximum absolute atomic E-state index is 13.2. The number of hydrogen-bond donors (Lipinski definition) is 1. The minimum Gasteiger partial charge on any atom is -0.507 e. The first-order chi connectivity index (χ1) is 16.5. The summed E-state index contributed by atoms with van der Waals surface area (Å²) in [5.74, 6) is -0.522. The molecule has 2 aromatic carbocycles. The summed E-state index contributed by atoms with van der Waals surface area (Å²) in [6, 6.07) is 16.6. The molecule has 4 rings (SSSR count). The number of ketones is 1.